The summed E-state index contributed by atoms with van der Waals surface area (Å²) in [4.78, 5) is 31.9. The van der Waals surface area contributed by atoms with Gasteiger partial charge in [0.2, 0.25) is 0 Å². The molecule has 0 saturated heterocycles. The molecule has 4 rings (SSSR count). The molecule has 0 fully saturated rings. The molecular formula is C23H21N3O3. The summed E-state index contributed by atoms with van der Waals surface area (Å²) in [5.41, 5.74) is 3.21. The average Bonchev–Trinajstić information content (AvgIpc) is 3.06. The summed E-state index contributed by atoms with van der Waals surface area (Å²) in [7, 11) is 0. The molecule has 2 aromatic carbocycles. The van der Waals surface area contributed by atoms with Crippen LogP contribution in [0.25, 0.3) is 0 Å². The van der Waals surface area contributed by atoms with Crippen molar-refractivity contribution in [1.29, 1.82) is 0 Å². The maximum atomic E-state index is 13.0. The third-order valence-corrected chi connectivity index (χ3v) is 4.79. The monoisotopic (exact) mass is 387 g/mol. The van der Waals surface area contributed by atoms with Gasteiger partial charge in [0, 0.05) is 25.5 Å². The topological polar surface area (TPSA) is 71.5 Å². The Morgan fingerprint density at radius 1 is 1.14 bits per heavy atom. The van der Waals surface area contributed by atoms with Gasteiger partial charge in [-0.25, -0.2) is 0 Å². The Morgan fingerprint density at radius 3 is 2.79 bits per heavy atom. The second-order valence-electron chi connectivity index (χ2n) is 6.75. The van der Waals surface area contributed by atoms with E-state index >= 15 is 0 Å². The minimum Gasteiger partial charge on any atom is -0.492 e. The third-order valence-electron chi connectivity index (χ3n) is 4.79. The van der Waals surface area contributed by atoms with Gasteiger partial charge in [0.1, 0.15) is 5.75 Å². The molecule has 0 aliphatic carbocycles. The number of rotatable bonds is 6. The summed E-state index contributed by atoms with van der Waals surface area (Å²) in [6, 6.07) is 16.4. The van der Waals surface area contributed by atoms with Gasteiger partial charge < -0.3 is 15.0 Å². The Bertz CT molecular complexity index is 1050. The Kier molecular flexibility index (Phi) is 5.24. The number of para-hydroxylation sites is 2. The van der Waals surface area contributed by atoms with Crippen molar-refractivity contribution in [1.82, 2.24) is 9.88 Å². The molecular weight excluding hydrogens is 366 g/mol. The van der Waals surface area contributed by atoms with Crippen molar-refractivity contribution in [2.75, 3.05) is 11.9 Å². The molecule has 2 heterocycles. The molecule has 1 aliphatic rings. The van der Waals surface area contributed by atoms with Crippen molar-refractivity contribution in [3.05, 3.63) is 89.2 Å². The number of anilines is 1. The molecule has 6 nitrogen and oxygen atoms in total. The van der Waals surface area contributed by atoms with E-state index in [2.05, 4.69) is 10.3 Å². The van der Waals surface area contributed by atoms with E-state index in [1.165, 1.54) is 0 Å². The lowest BCUT2D eigenvalue weighted by atomic mass is 10.0. The highest BCUT2D eigenvalue weighted by atomic mass is 16.5. The Balaban J connectivity index is 1.58. The van der Waals surface area contributed by atoms with Crippen molar-refractivity contribution in [3.63, 3.8) is 0 Å². The average molecular weight is 387 g/mol. The zero-order valence-corrected chi connectivity index (χ0v) is 16.1. The van der Waals surface area contributed by atoms with Crippen LogP contribution in [0.1, 0.15) is 38.8 Å². The molecule has 0 saturated carbocycles. The molecule has 2 amide bonds. The van der Waals surface area contributed by atoms with E-state index in [9.17, 15) is 9.59 Å². The van der Waals surface area contributed by atoms with Gasteiger partial charge in [0.05, 0.1) is 23.4 Å². The zero-order chi connectivity index (χ0) is 20.2. The summed E-state index contributed by atoms with van der Waals surface area (Å²) < 4.78 is 5.58. The van der Waals surface area contributed by atoms with E-state index in [-0.39, 0.29) is 11.8 Å². The lowest BCUT2D eigenvalue weighted by Gasteiger charge is -2.15. The minimum absolute atomic E-state index is 0.146. The second kappa shape index (κ2) is 8.14. The number of nitrogens with zero attached hydrogens (tertiary/aromatic N) is 2. The van der Waals surface area contributed by atoms with Gasteiger partial charge in [-0.3, -0.25) is 14.6 Å². The number of fused-ring (bicyclic) bond motifs is 1. The smallest absolute Gasteiger partial charge is 0.256 e. The molecule has 0 radical (unpaired) electrons. The normalized spacial score (nSPS) is 12.6. The predicted molar refractivity (Wildman–Crippen MR) is 110 cm³/mol. The predicted octanol–water partition coefficient (Wildman–Crippen LogP) is 3.89. The van der Waals surface area contributed by atoms with Gasteiger partial charge in [-0.15, -0.1) is 0 Å². The molecule has 6 heteroatoms. The fourth-order valence-corrected chi connectivity index (χ4v) is 3.49. The first-order valence-electron chi connectivity index (χ1n) is 9.50. The summed E-state index contributed by atoms with van der Waals surface area (Å²) in [6.45, 7) is 3.31. The van der Waals surface area contributed by atoms with E-state index in [0.29, 0.717) is 42.3 Å². The number of aromatic nitrogens is 1. The number of ether oxygens (including phenoxy) is 1. The molecule has 0 atom stereocenters. The van der Waals surface area contributed by atoms with E-state index in [4.69, 9.17) is 4.74 Å². The summed E-state index contributed by atoms with van der Waals surface area (Å²) >= 11 is 0. The number of carbonyl (C=O) groups is 2. The fraction of sp³-hybridized carbons (Fsp3) is 0.174. The Labute approximate surface area is 169 Å². The van der Waals surface area contributed by atoms with E-state index in [1.54, 1.807) is 35.5 Å². The first-order chi connectivity index (χ1) is 14.2. The zero-order valence-electron chi connectivity index (χ0n) is 16.1. The van der Waals surface area contributed by atoms with E-state index < -0.39 is 0 Å². The van der Waals surface area contributed by atoms with Crippen molar-refractivity contribution >= 4 is 17.5 Å². The van der Waals surface area contributed by atoms with Crippen molar-refractivity contribution in [2.24, 2.45) is 0 Å². The molecule has 1 aliphatic heterocycles. The highest BCUT2D eigenvalue weighted by Gasteiger charge is 2.31. The molecule has 0 unspecified atom stereocenters. The van der Waals surface area contributed by atoms with Crippen LogP contribution in [0.5, 0.6) is 5.75 Å². The SMILES string of the molecule is CCOc1ccccc1NC(=O)c1cccc2c1C(=O)N(Cc1cccnc1)C2. The van der Waals surface area contributed by atoms with Crippen molar-refractivity contribution < 1.29 is 14.3 Å². The Morgan fingerprint density at radius 2 is 2.00 bits per heavy atom. The quantitative estimate of drug-likeness (QED) is 0.697. The summed E-state index contributed by atoms with van der Waals surface area (Å²) in [6.07, 6.45) is 3.45. The van der Waals surface area contributed by atoms with Crippen LogP contribution < -0.4 is 10.1 Å². The molecule has 146 valence electrons. The second-order valence-corrected chi connectivity index (χ2v) is 6.75. The molecule has 1 N–H and O–H groups in total. The number of hydrogen-bond donors (Lipinski definition) is 1. The van der Waals surface area contributed by atoms with Gasteiger partial charge in [0.15, 0.2) is 0 Å². The molecule has 1 aromatic heterocycles. The van der Waals surface area contributed by atoms with Gasteiger partial charge in [0.25, 0.3) is 11.8 Å². The number of nitrogens with one attached hydrogen (secondary N) is 1. The van der Waals surface area contributed by atoms with E-state index in [0.717, 1.165) is 11.1 Å². The van der Waals surface area contributed by atoms with Crippen LogP contribution in [0.2, 0.25) is 0 Å². The standard InChI is InChI=1S/C23H21N3O3/c1-2-29-20-11-4-3-10-19(20)25-22(27)18-9-5-8-17-15-26(23(28)21(17)18)14-16-7-6-12-24-13-16/h3-13H,2,14-15H2,1H3,(H,25,27). The lowest BCUT2D eigenvalue weighted by molar-refractivity contribution is 0.0763. The number of benzene rings is 2. The molecule has 3 aromatic rings. The first kappa shape index (κ1) is 18.7. The molecule has 0 spiro atoms. The van der Waals surface area contributed by atoms with Crippen molar-refractivity contribution in [2.45, 2.75) is 20.0 Å². The number of pyridine rings is 1. The molecule has 0 bridgehead atoms. The first-order valence-corrected chi connectivity index (χ1v) is 9.50. The maximum Gasteiger partial charge on any atom is 0.256 e. The number of hydrogen-bond acceptors (Lipinski definition) is 4. The number of carbonyl (C=O) groups excluding carboxylic acids is 2. The van der Waals surface area contributed by atoms with Crippen molar-refractivity contribution in [3.8, 4) is 5.75 Å². The van der Waals surface area contributed by atoms with E-state index in [1.807, 2.05) is 43.3 Å². The van der Waals surface area contributed by atoms with Gasteiger partial charge in [-0.2, -0.15) is 0 Å². The fourth-order valence-electron chi connectivity index (χ4n) is 3.49. The highest BCUT2D eigenvalue weighted by molar-refractivity contribution is 6.14. The van der Waals surface area contributed by atoms with Crippen LogP contribution in [0.15, 0.2) is 67.0 Å². The van der Waals surface area contributed by atoms with Gasteiger partial charge in [-0.05, 0) is 42.3 Å². The Hall–Kier alpha value is -3.67. The highest BCUT2D eigenvalue weighted by Crippen LogP contribution is 2.29. The van der Waals surface area contributed by atoms with Crippen LogP contribution in [0, 0.1) is 0 Å². The van der Waals surface area contributed by atoms with Crippen LogP contribution in [0.4, 0.5) is 5.69 Å². The van der Waals surface area contributed by atoms with Crippen LogP contribution in [-0.2, 0) is 13.1 Å². The summed E-state index contributed by atoms with van der Waals surface area (Å²) in [5, 5.41) is 2.88. The van der Waals surface area contributed by atoms with Crippen LogP contribution >= 0.6 is 0 Å². The summed E-state index contributed by atoms with van der Waals surface area (Å²) in [5.74, 6) is 0.124. The van der Waals surface area contributed by atoms with Crippen LogP contribution in [-0.4, -0.2) is 28.3 Å². The van der Waals surface area contributed by atoms with Gasteiger partial charge in [-0.1, -0.05) is 30.3 Å². The minimum atomic E-state index is -0.328. The van der Waals surface area contributed by atoms with Gasteiger partial charge >= 0.3 is 0 Å². The molecule has 29 heavy (non-hydrogen) atoms. The third kappa shape index (κ3) is 3.82. The largest absolute Gasteiger partial charge is 0.492 e. The number of amides is 2. The lowest BCUT2D eigenvalue weighted by Crippen LogP contribution is -2.25. The van der Waals surface area contributed by atoms with Crippen LogP contribution in [0.3, 0.4) is 0 Å². The maximum absolute atomic E-state index is 13.0.